The number of aromatic carboxylic acids is 1. The molecule has 0 bridgehead atoms. The molecule has 0 aliphatic heterocycles. The van der Waals surface area contributed by atoms with Crippen LogP contribution in [0.2, 0.25) is 0 Å². The van der Waals surface area contributed by atoms with Crippen molar-refractivity contribution in [1.82, 2.24) is 0 Å². The van der Waals surface area contributed by atoms with Crippen molar-refractivity contribution in [2.24, 2.45) is 0 Å². The molecule has 21 heavy (non-hydrogen) atoms. The van der Waals surface area contributed by atoms with Crippen LogP contribution in [0.1, 0.15) is 26.3 Å². The van der Waals surface area contributed by atoms with Gasteiger partial charge in [0.2, 0.25) is 0 Å². The summed E-state index contributed by atoms with van der Waals surface area (Å²) in [7, 11) is 0. The Bertz CT molecular complexity index is 729. The minimum atomic E-state index is -1.15. The highest BCUT2D eigenvalue weighted by Crippen LogP contribution is 2.21. The molecule has 0 unspecified atom stereocenters. The van der Waals surface area contributed by atoms with Gasteiger partial charge in [0.25, 0.3) is 5.91 Å². The normalized spacial score (nSPS) is 10.2. The molecule has 6 heteroatoms. The predicted molar refractivity (Wildman–Crippen MR) is 76.9 cm³/mol. The Labute approximate surface area is 120 Å². The molecule has 2 rings (SSSR count). The minimum Gasteiger partial charge on any atom is -0.478 e. The molecule has 4 N–H and O–H groups in total. The van der Waals surface area contributed by atoms with E-state index in [1.165, 1.54) is 18.2 Å². The van der Waals surface area contributed by atoms with Gasteiger partial charge in [0.1, 0.15) is 5.82 Å². The number of anilines is 2. The lowest BCUT2D eigenvalue weighted by Crippen LogP contribution is -2.16. The van der Waals surface area contributed by atoms with Gasteiger partial charge in [-0.3, -0.25) is 4.79 Å². The fraction of sp³-hybridized carbons (Fsp3) is 0.0667. The predicted octanol–water partition coefficient (Wildman–Crippen LogP) is 2.67. The van der Waals surface area contributed by atoms with E-state index < -0.39 is 17.7 Å². The first kappa shape index (κ1) is 14.5. The summed E-state index contributed by atoms with van der Waals surface area (Å²) in [6.45, 7) is 1.63. The van der Waals surface area contributed by atoms with Crippen molar-refractivity contribution in [3.8, 4) is 0 Å². The highest BCUT2D eigenvalue weighted by atomic mass is 19.1. The van der Waals surface area contributed by atoms with Gasteiger partial charge >= 0.3 is 5.97 Å². The molecular formula is C15H13FN2O3. The molecule has 1 amide bonds. The number of hydrogen-bond acceptors (Lipinski definition) is 3. The standard InChI is InChI=1S/C15H13FN2O3/c1-8-3-2-4-12(13(8)15(20)21)18-14(19)9-5-6-11(17)10(16)7-9/h2-7H,17H2,1H3,(H,18,19)(H,20,21). The second kappa shape index (κ2) is 5.62. The summed E-state index contributed by atoms with van der Waals surface area (Å²) in [5, 5.41) is 11.7. The summed E-state index contributed by atoms with van der Waals surface area (Å²) >= 11 is 0. The number of nitrogen functional groups attached to an aromatic ring is 1. The molecule has 0 saturated heterocycles. The lowest BCUT2D eigenvalue weighted by molar-refractivity contribution is 0.0697. The van der Waals surface area contributed by atoms with E-state index in [1.54, 1.807) is 19.1 Å². The van der Waals surface area contributed by atoms with Crippen LogP contribution < -0.4 is 11.1 Å². The van der Waals surface area contributed by atoms with Crippen molar-refractivity contribution in [2.75, 3.05) is 11.1 Å². The van der Waals surface area contributed by atoms with Crippen LogP contribution >= 0.6 is 0 Å². The SMILES string of the molecule is Cc1cccc(NC(=O)c2ccc(N)c(F)c2)c1C(=O)O. The molecule has 0 heterocycles. The summed E-state index contributed by atoms with van der Waals surface area (Å²) in [6, 6.07) is 8.37. The number of amides is 1. The van der Waals surface area contributed by atoms with Gasteiger partial charge in [0.15, 0.2) is 0 Å². The Morgan fingerprint density at radius 3 is 2.57 bits per heavy atom. The molecule has 0 aliphatic carbocycles. The van der Waals surface area contributed by atoms with Gasteiger partial charge in [-0.15, -0.1) is 0 Å². The first-order valence-corrected chi connectivity index (χ1v) is 6.09. The van der Waals surface area contributed by atoms with Crippen LogP contribution in [0.25, 0.3) is 0 Å². The van der Waals surface area contributed by atoms with Gasteiger partial charge in [-0.05, 0) is 36.8 Å². The summed E-state index contributed by atoms with van der Waals surface area (Å²) in [5.41, 5.74) is 6.01. The fourth-order valence-corrected chi connectivity index (χ4v) is 1.92. The maximum atomic E-state index is 13.4. The maximum absolute atomic E-state index is 13.4. The van der Waals surface area contributed by atoms with Crippen LogP contribution in [-0.4, -0.2) is 17.0 Å². The van der Waals surface area contributed by atoms with Crippen molar-refractivity contribution in [2.45, 2.75) is 6.92 Å². The van der Waals surface area contributed by atoms with E-state index in [1.807, 2.05) is 0 Å². The summed E-state index contributed by atoms with van der Waals surface area (Å²) in [4.78, 5) is 23.3. The van der Waals surface area contributed by atoms with Gasteiger partial charge in [0.05, 0.1) is 16.9 Å². The molecule has 2 aromatic carbocycles. The second-order valence-electron chi connectivity index (χ2n) is 4.49. The summed E-state index contributed by atoms with van der Waals surface area (Å²) in [6.07, 6.45) is 0. The van der Waals surface area contributed by atoms with E-state index in [9.17, 15) is 19.1 Å². The molecule has 0 spiro atoms. The minimum absolute atomic E-state index is 0.00164. The molecule has 5 nitrogen and oxygen atoms in total. The number of benzene rings is 2. The van der Waals surface area contributed by atoms with E-state index in [-0.39, 0.29) is 22.5 Å². The third-order valence-corrected chi connectivity index (χ3v) is 3.00. The fourth-order valence-electron chi connectivity index (χ4n) is 1.92. The first-order chi connectivity index (χ1) is 9.90. The number of rotatable bonds is 3. The number of halogens is 1. The molecule has 0 fully saturated rings. The van der Waals surface area contributed by atoms with Gasteiger partial charge in [-0.25, -0.2) is 9.18 Å². The number of nitrogens with two attached hydrogens (primary N) is 1. The molecule has 0 saturated carbocycles. The quantitative estimate of drug-likeness (QED) is 0.757. The monoisotopic (exact) mass is 288 g/mol. The Hall–Kier alpha value is -2.89. The third kappa shape index (κ3) is 3.00. The van der Waals surface area contributed by atoms with Gasteiger partial charge in [-0.2, -0.15) is 0 Å². The van der Waals surface area contributed by atoms with E-state index in [4.69, 9.17) is 5.73 Å². The van der Waals surface area contributed by atoms with Crippen LogP contribution in [0.15, 0.2) is 36.4 Å². The van der Waals surface area contributed by atoms with Crippen LogP contribution in [0.4, 0.5) is 15.8 Å². The summed E-state index contributed by atoms with van der Waals surface area (Å²) in [5.74, 6) is -2.46. The smallest absolute Gasteiger partial charge is 0.338 e. The largest absolute Gasteiger partial charge is 0.478 e. The molecule has 0 radical (unpaired) electrons. The van der Waals surface area contributed by atoms with E-state index in [2.05, 4.69) is 5.32 Å². The van der Waals surface area contributed by atoms with E-state index in [0.29, 0.717) is 5.56 Å². The number of carbonyl (C=O) groups excluding carboxylic acids is 1. The second-order valence-corrected chi connectivity index (χ2v) is 4.49. The molecule has 2 aromatic rings. The Morgan fingerprint density at radius 2 is 1.95 bits per heavy atom. The molecule has 108 valence electrons. The Kier molecular flexibility index (Phi) is 3.89. The number of hydrogen-bond donors (Lipinski definition) is 3. The molecular weight excluding hydrogens is 275 g/mol. The van der Waals surface area contributed by atoms with Gasteiger partial charge in [0, 0.05) is 5.56 Å². The molecule has 0 aliphatic rings. The lowest BCUT2D eigenvalue weighted by atomic mass is 10.1. The zero-order valence-electron chi connectivity index (χ0n) is 11.2. The number of nitrogens with one attached hydrogen (secondary N) is 1. The highest BCUT2D eigenvalue weighted by Gasteiger charge is 2.16. The number of aryl methyl sites for hydroxylation is 1. The van der Waals surface area contributed by atoms with Crippen molar-refractivity contribution in [1.29, 1.82) is 0 Å². The van der Waals surface area contributed by atoms with Crippen LogP contribution in [0.5, 0.6) is 0 Å². The van der Waals surface area contributed by atoms with Crippen LogP contribution in [-0.2, 0) is 0 Å². The van der Waals surface area contributed by atoms with E-state index >= 15 is 0 Å². The molecule has 0 aromatic heterocycles. The molecule has 0 atom stereocenters. The van der Waals surface area contributed by atoms with Crippen LogP contribution in [0.3, 0.4) is 0 Å². The Morgan fingerprint density at radius 1 is 1.24 bits per heavy atom. The van der Waals surface area contributed by atoms with Gasteiger partial charge in [-0.1, -0.05) is 12.1 Å². The number of carbonyl (C=O) groups is 2. The third-order valence-electron chi connectivity index (χ3n) is 3.00. The highest BCUT2D eigenvalue weighted by molar-refractivity contribution is 6.08. The summed E-state index contributed by atoms with van der Waals surface area (Å²) < 4.78 is 13.4. The lowest BCUT2D eigenvalue weighted by Gasteiger charge is -2.11. The zero-order chi connectivity index (χ0) is 15.6. The number of carboxylic acids is 1. The van der Waals surface area contributed by atoms with Gasteiger partial charge < -0.3 is 16.2 Å². The maximum Gasteiger partial charge on any atom is 0.338 e. The van der Waals surface area contributed by atoms with Crippen molar-refractivity contribution in [3.05, 3.63) is 58.9 Å². The number of carboxylic acid groups (broad SMARTS) is 1. The zero-order valence-corrected chi connectivity index (χ0v) is 11.2. The van der Waals surface area contributed by atoms with E-state index in [0.717, 1.165) is 6.07 Å². The van der Waals surface area contributed by atoms with Crippen molar-refractivity contribution in [3.63, 3.8) is 0 Å². The van der Waals surface area contributed by atoms with Crippen LogP contribution in [0, 0.1) is 12.7 Å². The topological polar surface area (TPSA) is 92.4 Å². The average Bonchev–Trinajstić information content (AvgIpc) is 2.41. The van der Waals surface area contributed by atoms with Crippen molar-refractivity contribution >= 4 is 23.3 Å². The first-order valence-electron chi connectivity index (χ1n) is 6.09. The average molecular weight is 288 g/mol. The van der Waals surface area contributed by atoms with Crippen molar-refractivity contribution < 1.29 is 19.1 Å². The Balaban J connectivity index is 2.34.